The second kappa shape index (κ2) is 9.23. The van der Waals surface area contributed by atoms with Gasteiger partial charge in [0, 0.05) is 42.2 Å². The van der Waals surface area contributed by atoms with E-state index in [1.54, 1.807) is 12.1 Å². The van der Waals surface area contributed by atoms with Crippen LogP contribution < -0.4 is 5.73 Å². The molecule has 0 spiro atoms. The first-order valence-electron chi connectivity index (χ1n) is 12.0. The molecule has 4 aromatic rings. The van der Waals surface area contributed by atoms with Crippen molar-refractivity contribution in [1.82, 2.24) is 39.6 Å². The number of nitrogens with two attached hydrogens (primary N) is 1. The number of H-pyrrole nitrogens is 1. The molecular formula is C24H31N9O2. The molecule has 0 unspecified atom stereocenters. The number of morpholine rings is 1. The Bertz CT molecular complexity index is 1370. The average molecular weight is 478 g/mol. The number of nitrogens with zero attached hydrogens (tertiary/aromatic N) is 7. The number of benzene rings is 1. The Balaban J connectivity index is 1.50. The van der Waals surface area contributed by atoms with Crippen molar-refractivity contribution in [2.75, 3.05) is 19.7 Å². The number of rotatable bonds is 7. The Morgan fingerprint density at radius 1 is 1.23 bits per heavy atom. The zero-order chi connectivity index (χ0) is 24.7. The molecule has 0 radical (unpaired) electrons. The summed E-state index contributed by atoms with van der Waals surface area (Å²) >= 11 is 0. The number of aryl methyl sites for hydroxylation is 2. The van der Waals surface area contributed by atoms with E-state index in [0.29, 0.717) is 36.3 Å². The topological polar surface area (TPSA) is 133 Å². The molecule has 1 aliphatic rings. The number of aromatic nitrogens is 7. The van der Waals surface area contributed by atoms with E-state index in [9.17, 15) is 4.79 Å². The lowest BCUT2D eigenvalue weighted by Gasteiger charge is -2.36. The molecule has 11 heteroatoms. The van der Waals surface area contributed by atoms with Crippen LogP contribution in [0, 0.1) is 6.92 Å². The zero-order valence-corrected chi connectivity index (χ0v) is 20.5. The van der Waals surface area contributed by atoms with Crippen molar-refractivity contribution in [2.24, 2.45) is 5.73 Å². The molecule has 1 fully saturated rings. The molecule has 184 valence electrons. The molecule has 2 atom stereocenters. The number of hydrogen-bond acceptors (Lipinski definition) is 7. The first kappa shape index (κ1) is 23.2. The van der Waals surface area contributed by atoms with Gasteiger partial charge < -0.3 is 10.5 Å². The Morgan fingerprint density at radius 3 is 2.83 bits per heavy atom. The van der Waals surface area contributed by atoms with E-state index >= 15 is 0 Å². The quantitative estimate of drug-likeness (QED) is 0.417. The van der Waals surface area contributed by atoms with Crippen molar-refractivity contribution >= 4 is 16.8 Å². The molecule has 3 N–H and O–H groups in total. The molecule has 1 aliphatic heterocycles. The predicted octanol–water partition coefficient (Wildman–Crippen LogP) is 2.22. The first-order valence-corrected chi connectivity index (χ1v) is 12.0. The van der Waals surface area contributed by atoms with Crippen molar-refractivity contribution in [3.05, 3.63) is 35.7 Å². The van der Waals surface area contributed by atoms with Crippen molar-refractivity contribution in [1.29, 1.82) is 0 Å². The van der Waals surface area contributed by atoms with Crippen LogP contribution in [-0.2, 0) is 17.8 Å². The molecule has 4 heterocycles. The van der Waals surface area contributed by atoms with E-state index in [2.05, 4.69) is 39.1 Å². The van der Waals surface area contributed by atoms with Gasteiger partial charge in [-0.15, -0.1) is 0 Å². The average Bonchev–Trinajstić information content (AvgIpc) is 3.57. The van der Waals surface area contributed by atoms with Gasteiger partial charge >= 0.3 is 0 Å². The second-order valence-electron chi connectivity index (χ2n) is 9.17. The highest BCUT2D eigenvalue weighted by Crippen LogP contribution is 2.30. The number of aromatic amines is 1. The molecular weight excluding hydrogens is 446 g/mol. The number of primary amides is 1. The Morgan fingerprint density at radius 2 is 2.06 bits per heavy atom. The van der Waals surface area contributed by atoms with Crippen LogP contribution in [0.2, 0.25) is 0 Å². The summed E-state index contributed by atoms with van der Waals surface area (Å²) in [6, 6.07) is 5.84. The summed E-state index contributed by atoms with van der Waals surface area (Å²) in [6.45, 7) is 12.0. The number of amides is 1. The molecule has 1 amide bonds. The van der Waals surface area contributed by atoms with Gasteiger partial charge in [0.2, 0.25) is 5.91 Å². The lowest BCUT2D eigenvalue weighted by Crippen LogP contribution is -2.48. The number of ether oxygens (including phenoxy) is 1. The van der Waals surface area contributed by atoms with Gasteiger partial charge in [0.1, 0.15) is 5.69 Å². The van der Waals surface area contributed by atoms with Gasteiger partial charge in [-0.05, 0) is 45.9 Å². The van der Waals surface area contributed by atoms with Crippen molar-refractivity contribution in [3.8, 4) is 22.9 Å². The fraction of sp³-hybridized carbons (Fsp3) is 0.458. The third-order valence-corrected chi connectivity index (χ3v) is 6.55. The summed E-state index contributed by atoms with van der Waals surface area (Å²) in [5.41, 5.74) is 9.38. The molecule has 0 bridgehead atoms. The van der Waals surface area contributed by atoms with Crippen LogP contribution in [0.1, 0.15) is 36.8 Å². The minimum absolute atomic E-state index is 0.210. The van der Waals surface area contributed by atoms with E-state index in [1.165, 1.54) is 0 Å². The fourth-order valence-electron chi connectivity index (χ4n) is 4.66. The maximum Gasteiger partial charge on any atom is 0.248 e. The lowest BCUT2D eigenvalue weighted by atomic mass is 10.0. The molecule has 35 heavy (non-hydrogen) atoms. The Hall–Kier alpha value is -3.57. The third-order valence-electron chi connectivity index (χ3n) is 6.55. The summed E-state index contributed by atoms with van der Waals surface area (Å²) in [5, 5.41) is 17.5. The largest absolute Gasteiger partial charge is 0.376 e. The van der Waals surface area contributed by atoms with Crippen molar-refractivity contribution in [2.45, 2.75) is 52.9 Å². The lowest BCUT2D eigenvalue weighted by molar-refractivity contribution is -0.0503. The minimum Gasteiger partial charge on any atom is -0.376 e. The van der Waals surface area contributed by atoms with E-state index in [0.717, 1.165) is 47.6 Å². The number of carbonyl (C=O) groups excluding carboxylic acids is 1. The molecule has 1 saturated heterocycles. The summed E-state index contributed by atoms with van der Waals surface area (Å²) in [7, 11) is 0. The number of carbonyl (C=O) groups is 1. The predicted molar refractivity (Wildman–Crippen MR) is 132 cm³/mol. The SMILES string of the molecule is CCn1nc(C)cc1-c1n[nH]c(-c2cc(C(N)=O)cc3c2cnn3CCN2C[C@H](C)OC[C@H]2C)n1. The van der Waals surface area contributed by atoms with Crippen LogP contribution in [0.3, 0.4) is 0 Å². The third kappa shape index (κ3) is 4.44. The van der Waals surface area contributed by atoms with Crippen LogP contribution in [0.15, 0.2) is 24.4 Å². The first-order chi connectivity index (χ1) is 16.8. The summed E-state index contributed by atoms with van der Waals surface area (Å²) in [5.74, 6) is 0.587. The van der Waals surface area contributed by atoms with E-state index in [1.807, 2.05) is 35.5 Å². The van der Waals surface area contributed by atoms with Crippen molar-refractivity contribution < 1.29 is 9.53 Å². The molecule has 0 aliphatic carbocycles. The maximum atomic E-state index is 12.2. The highest BCUT2D eigenvalue weighted by Gasteiger charge is 2.24. The second-order valence-corrected chi connectivity index (χ2v) is 9.17. The number of fused-ring (bicyclic) bond motifs is 1. The monoisotopic (exact) mass is 477 g/mol. The Kier molecular flexibility index (Phi) is 6.12. The van der Waals surface area contributed by atoms with Crippen LogP contribution in [0.25, 0.3) is 33.8 Å². The highest BCUT2D eigenvalue weighted by molar-refractivity contribution is 6.02. The van der Waals surface area contributed by atoms with Gasteiger partial charge in [0.05, 0.1) is 36.7 Å². The van der Waals surface area contributed by atoms with Gasteiger partial charge in [-0.25, -0.2) is 4.98 Å². The summed E-state index contributed by atoms with van der Waals surface area (Å²) < 4.78 is 9.53. The molecule has 1 aromatic carbocycles. The van der Waals surface area contributed by atoms with Gasteiger partial charge in [0.15, 0.2) is 11.6 Å². The maximum absolute atomic E-state index is 12.2. The standard InChI is InChI=1S/C24H31N9O2/c1-5-32-21(8-14(2)30-32)24-27-23(28-29-24)18-9-17(22(25)34)10-20-19(18)11-26-33(20)7-6-31-12-16(4)35-13-15(31)3/h8-11,15-16H,5-7,12-13H2,1-4H3,(H2,25,34)(H,27,28,29)/t15-,16+/m1/s1. The van der Waals surface area contributed by atoms with E-state index in [-0.39, 0.29) is 6.10 Å². The van der Waals surface area contributed by atoms with Crippen LogP contribution in [0.4, 0.5) is 0 Å². The van der Waals surface area contributed by atoms with Gasteiger partial charge in [-0.3, -0.25) is 24.2 Å². The molecule has 5 rings (SSSR count). The summed E-state index contributed by atoms with van der Waals surface area (Å²) in [4.78, 5) is 19.3. The van der Waals surface area contributed by atoms with Gasteiger partial charge in [-0.1, -0.05) is 0 Å². The van der Waals surface area contributed by atoms with Gasteiger partial charge in [0.25, 0.3) is 0 Å². The van der Waals surface area contributed by atoms with Crippen LogP contribution in [0.5, 0.6) is 0 Å². The van der Waals surface area contributed by atoms with E-state index in [4.69, 9.17) is 15.5 Å². The zero-order valence-electron chi connectivity index (χ0n) is 20.5. The summed E-state index contributed by atoms with van der Waals surface area (Å²) in [6.07, 6.45) is 2.02. The normalized spacial score (nSPS) is 19.0. The number of hydrogen-bond donors (Lipinski definition) is 2. The Labute approximate surface area is 203 Å². The highest BCUT2D eigenvalue weighted by atomic mass is 16.5. The van der Waals surface area contributed by atoms with Gasteiger partial charge in [-0.2, -0.15) is 15.3 Å². The van der Waals surface area contributed by atoms with Crippen LogP contribution >= 0.6 is 0 Å². The van der Waals surface area contributed by atoms with Crippen LogP contribution in [-0.4, -0.2) is 77.4 Å². The fourth-order valence-corrected chi connectivity index (χ4v) is 4.66. The smallest absolute Gasteiger partial charge is 0.248 e. The minimum atomic E-state index is -0.504. The molecule has 0 saturated carbocycles. The van der Waals surface area contributed by atoms with E-state index < -0.39 is 5.91 Å². The van der Waals surface area contributed by atoms with Crippen molar-refractivity contribution in [3.63, 3.8) is 0 Å². The molecule has 3 aromatic heterocycles. The molecule has 11 nitrogen and oxygen atoms in total. The number of nitrogens with one attached hydrogen (secondary N) is 1.